The zero-order valence-electron chi connectivity index (χ0n) is 24.2. The van der Waals surface area contributed by atoms with Gasteiger partial charge in [-0.25, -0.2) is 0 Å². The van der Waals surface area contributed by atoms with Crippen molar-refractivity contribution in [3.63, 3.8) is 0 Å². The molecule has 4 atom stereocenters. The molecule has 0 radical (unpaired) electrons. The van der Waals surface area contributed by atoms with Crippen LogP contribution in [0.2, 0.25) is 0 Å². The molecule has 4 unspecified atom stereocenters. The van der Waals surface area contributed by atoms with Gasteiger partial charge in [0.15, 0.2) is 0 Å². The molecule has 0 saturated heterocycles. The number of carbonyl (C=O) groups excluding carboxylic acids is 1. The summed E-state index contributed by atoms with van der Waals surface area (Å²) in [7, 11) is 0. The van der Waals surface area contributed by atoms with Gasteiger partial charge < -0.3 is 4.74 Å². The third-order valence-electron chi connectivity index (χ3n) is 7.22. The molecule has 2 heteroatoms. The van der Waals surface area contributed by atoms with Crippen molar-refractivity contribution in [1.29, 1.82) is 0 Å². The number of hydrogen-bond donors (Lipinski definition) is 0. The average molecular weight is 479 g/mol. The normalized spacial score (nSPS) is 15.4. The van der Waals surface area contributed by atoms with Crippen molar-refractivity contribution in [2.75, 3.05) is 6.61 Å². The second-order valence-corrected chi connectivity index (χ2v) is 11.5. The van der Waals surface area contributed by atoms with E-state index in [9.17, 15) is 4.79 Å². The van der Waals surface area contributed by atoms with E-state index < -0.39 is 0 Å². The maximum atomic E-state index is 12.1. The number of allylic oxidation sites excluding steroid dienone is 2. The van der Waals surface area contributed by atoms with Gasteiger partial charge in [0.25, 0.3) is 0 Å². The average Bonchev–Trinajstić information content (AvgIpc) is 2.79. The highest BCUT2D eigenvalue weighted by atomic mass is 16.5. The molecule has 202 valence electrons. The highest BCUT2D eigenvalue weighted by Gasteiger charge is 2.20. The van der Waals surface area contributed by atoms with Crippen molar-refractivity contribution in [3.05, 3.63) is 12.2 Å². The lowest BCUT2D eigenvalue weighted by atomic mass is 9.84. The van der Waals surface area contributed by atoms with E-state index in [4.69, 9.17) is 4.74 Å². The maximum Gasteiger partial charge on any atom is 0.308 e. The van der Waals surface area contributed by atoms with Crippen LogP contribution in [0, 0.1) is 23.7 Å². The van der Waals surface area contributed by atoms with Gasteiger partial charge in [0.2, 0.25) is 0 Å². The molecular weight excluding hydrogens is 416 g/mol. The first-order valence-electron chi connectivity index (χ1n) is 15.2. The summed E-state index contributed by atoms with van der Waals surface area (Å²) in [5.41, 5.74) is 0. The van der Waals surface area contributed by atoms with Crippen molar-refractivity contribution in [2.24, 2.45) is 23.7 Å². The second-order valence-electron chi connectivity index (χ2n) is 11.5. The van der Waals surface area contributed by atoms with Crippen LogP contribution in [0.4, 0.5) is 0 Å². The monoisotopic (exact) mass is 478 g/mol. The first-order chi connectivity index (χ1) is 16.4. The van der Waals surface area contributed by atoms with Gasteiger partial charge in [0, 0.05) is 0 Å². The summed E-state index contributed by atoms with van der Waals surface area (Å²) in [5.74, 6) is 2.18. The molecule has 0 aliphatic rings. The van der Waals surface area contributed by atoms with Gasteiger partial charge in [-0.2, -0.15) is 0 Å². The second kappa shape index (κ2) is 23.9. The van der Waals surface area contributed by atoms with E-state index in [1.807, 2.05) is 6.92 Å². The van der Waals surface area contributed by atoms with Gasteiger partial charge in [-0.15, -0.1) is 0 Å². The van der Waals surface area contributed by atoms with E-state index in [0.29, 0.717) is 12.5 Å². The fourth-order valence-corrected chi connectivity index (χ4v) is 5.23. The zero-order chi connectivity index (χ0) is 25.4. The zero-order valence-corrected chi connectivity index (χ0v) is 24.2. The first kappa shape index (κ1) is 33.2. The van der Waals surface area contributed by atoms with E-state index in [1.54, 1.807) is 0 Å². The number of rotatable bonds is 24. The minimum Gasteiger partial charge on any atom is -0.465 e. The lowest BCUT2D eigenvalue weighted by Crippen LogP contribution is -2.19. The van der Waals surface area contributed by atoms with Crippen molar-refractivity contribution >= 4 is 5.97 Å². The molecule has 0 heterocycles. The number of unbranched alkanes of at least 4 members (excludes halogenated alkanes) is 11. The van der Waals surface area contributed by atoms with Gasteiger partial charge >= 0.3 is 5.97 Å². The van der Waals surface area contributed by atoms with Crippen LogP contribution in [0.3, 0.4) is 0 Å². The maximum absolute atomic E-state index is 12.1. The lowest BCUT2D eigenvalue weighted by Gasteiger charge is -2.22. The van der Waals surface area contributed by atoms with Crippen LogP contribution in [0.5, 0.6) is 0 Å². The first-order valence-corrected chi connectivity index (χ1v) is 15.2. The molecule has 0 amide bonds. The molecule has 0 fully saturated rings. The van der Waals surface area contributed by atoms with Gasteiger partial charge in [-0.05, 0) is 69.1 Å². The van der Waals surface area contributed by atoms with Gasteiger partial charge in [-0.1, -0.05) is 118 Å². The minimum absolute atomic E-state index is 0.00408. The Morgan fingerprint density at radius 2 is 1.12 bits per heavy atom. The van der Waals surface area contributed by atoms with E-state index in [-0.39, 0.29) is 11.9 Å². The fourth-order valence-electron chi connectivity index (χ4n) is 5.23. The standard InChI is InChI=1S/C32H62O2/c1-7-9-11-12-13-14-15-16-17-18-19-20-21-22-23-28(3)25-29(4)26-30(5)27-31(6)32(33)34-24-10-8-2/h14-15,28-31H,7-13,16-27H2,1-6H3/b15-14+. The molecule has 0 aliphatic carbocycles. The lowest BCUT2D eigenvalue weighted by molar-refractivity contribution is -0.148. The highest BCUT2D eigenvalue weighted by molar-refractivity contribution is 5.71. The van der Waals surface area contributed by atoms with Gasteiger partial charge in [0.05, 0.1) is 12.5 Å². The largest absolute Gasteiger partial charge is 0.465 e. The quantitative estimate of drug-likeness (QED) is 0.0783. The SMILES string of the molecule is CCCCCC/C=C/CCCCCCCCC(C)CC(C)CC(C)CC(C)C(=O)OCCCC. The molecule has 0 aliphatic heterocycles. The fraction of sp³-hybridized carbons (Fsp3) is 0.906. The molecule has 0 N–H and O–H groups in total. The van der Waals surface area contributed by atoms with E-state index in [1.165, 1.54) is 96.3 Å². The molecule has 0 spiro atoms. The van der Waals surface area contributed by atoms with E-state index in [2.05, 4.69) is 46.8 Å². The van der Waals surface area contributed by atoms with Crippen molar-refractivity contribution in [3.8, 4) is 0 Å². The summed E-state index contributed by atoms with van der Waals surface area (Å²) >= 11 is 0. The van der Waals surface area contributed by atoms with Crippen molar-refractivity contribution in [2.45, 2.75) is 157 Å². The Balaban J connectivity index is 3.66. The van der Waals surface area contributed by atoms with Gasteiger partial charge in [-0.3, -0.25) is 4.79 Å². The van der Waals surface area contributed by atoms with Crippen molar-refractivity contribution < 1.29 is 9.53 Å². The summed E-state index contributed by atoms with van der Waals surface area (Å²) in [4.78, 5) is 12.1. The Kier molecular flexibility index (Phi) is 23.4. The number of esters is 1. The predicted octanol–water partition coefficient (Wildman–Crippen LogP) is 10.7. The van der Waals surface area contributed by atoms with Gasteiger partial charge in [0.1, 0.15) is 0 Å². The minimum atomic E-state index is -0.00408. The molecule has 0 saturated carbocycles. The Morgan fingerprint density at radius 3 is 1.74 bits per heavy atom. The van der Waals surface area contributed by atoms with Crippen LogP contribution in [-0.2, 0) is 9.53 Å². The Hall–Kier alpha value is -0.790. The molecule has 0 rings (SSSR count). The summed E-state index contributed by atoms with van der Waals surface area (Å²) in [6.45, 7) is 14.2. The van der Waals surface area contributed by atoms with Crippen LogP contribution < -0.4 is 0 Å². The van der Waals surface area contributed by atoms with Crippen LogP contribution in [0.1, 0.15) is 157 Å². The van der Waals surface area contributed by atoms with Crippen LogP contribution in [-0.4, -0.2) is 12.6 Å². The van der Waals surface area contributed by atoms with Crippen LogP contribution in [0.25, 0.3) is 0 Å². The number of hydrogen-bond acceptors (Lipinski definition) is 2. The van der Waals surface area contributed by atoms with E-state index in [0.717, 1.165) is 31.1 Å². The molecule has 2 nitrogen and oxygen atoms in total. The van der Waals surface area contributed by atoms with Crippen molar-refractivity contribution in [1.82, 2.24) is 0 Å². The van der Waals surface area contributed by atoms with E-state index >= 15 is 0 Å². The number of ether oxygens (including phenoxy) is 1. The molecule has 0 aromatic rings. The highest BCUT2D eigenvalue weighted by Crippen LogP contribution is 2.26. The molecule has 0 aromatic carbocycles. The molecular formula is C32H62O2. The topological polar surface area (TPSA) is 26.3 Å². The molecule has 34 heavy (non-hydrogen) atoms. The Morgan fingerprint density at radius 1 is 0.618 bits per heavy atom. The molecule has 0 aromatic heterocycles. The van der Waals surface area contributed by atoms with Crippen LogP contribution in [0.15, 0.2) is 12.2 Å². The Labute approximate surface area is 215 Å². The third kappa shape index (κ3) is 21.7. The summed E-state index contributed by atoms with van der Waals surface area (Å²) in [5, 5.41) is 0. The van der Waals surface area contributed by atoms with Crippen LogP contribution >= 0.6 is 0 Å². The summed E-state index contributed by atoms with van der Waals surface area (Å²) in [6.07, 6.45) is 28.2. The predicted molar refractivity (Wildman–Crippen MR) is 151 cm³/mol. The summed E-state index contributed by atoms with van der Waals surface area (Å²) in [6, 6.07) is 0. The molecule has 0 bridgehead atoms. The Bertz CT molecular complexity index is 470. The number of carbonyl (C=O) groups is 1. The smallest absolute Gasteiger partial charge is 0.308 e. The third-order valence-corrected chi connectivity index (χ3v) is 7.22. The summed E-state index contributed by atoms with van der Waals surface area (Å²) < 4.78 is 5.39.